The zero-order valence-electron chi connectivity index (χ0n) is 40.4. The third-order valence-electron chi connectivity index (χ3n) is 12.3. The van der Waals surface area contributed by atoms with Crippen molar-refractivity contribution in [3.8, 4) is 0 Å². The molecule has 0 fully saturated rings. The lowest BCUT2D eigenvalue weighted by Gasteiger charge is -2.23. The topological polar surface area (TPSA) is 59.1 Å². The maximum atomic E-state index is 12.9. The molecule has 58 heavy (non-hydrogen) atoms. The predicted octanol–water partition coefficient (Wildman–Crippen LogP) is 15.3. The fourth-order valence-corrected chi connectivity index (χ4v) is 8.35. The minimum Gasteiger partial charge on any atom is -0.465 e. The fourth-order valence-electron chi connectivity index (χ4n) is 8.35. The minimum atomic E-state index is 0.0789. The monoisotopic (exact) mass is 821 g/mol. The van der Waals surface area contributed by atoms with Gasteiger partial charge in [-0.3, -0.25) is 9.59 Å². The van der Waals surface area contributed by atoms with Crippen LogP contribution in [0.1, 0.15) is 259 Å². The second-order valence-corrected chi connectivity index (χ2v) is 18.4. The number of esters is 2. The van der Waals surface area contributed by atoms with Crippen LogP contribution in [0.25, 0.3) is 0 Å². The molecule has 0 radical (unpaired) electrons. The Morgan fingerprint density at radius 3 is 0.914 bits per heavy atom. The van der Waals surface area contributed by atoms with E-state index in [2.05, 4.69) is 51.6 Å². The molecule has 0 N–H and O–H groups in total. The summed E-state index contributed by atoms with van der Waals surface area (Å²) < 4.78 is 11.6. The van der Waals surface area contributed by atoms with E-state index in [-0.39, 0.29) is 23.8 Å². The first-order valence-corrected chi connectivity index (χ1v) is 26.1. The average Bonchev–Trinajstić information content (AvgIpc) is 3.21. The van der Waals surface area contributed by atoms with E-state index in [4.69, 9.17) is 9.47 Å². The maximum Gasteiger partial charge on any atom is 0.308 e. The second-order valence-electron chi connectivity index (χ2n) is 18.4. The summed E-state index contributed by atoms with van der Waals surface area (Å²) in [5.74, 6) is 0.398. The number of hydrogen-bond acceptors (Lipinski definition) is 6. The lowest BCUT2D eigenvalue weighted by atomic mass is 9.94. The normalized spacial score (nSPS) is 11.8. The lowest BCUT2D eigenvalue weighted by molar-refractivity contribution is -0.150. The standard InChI is InChI=1S/C52H104N2O4/c1-7-11-15-29-39-49(40-30-16-12-8-2)51(55)57-47-37-27-23-19-21-25-33-44-54(46-36-35-43-53(5)6)45-34-26-22-20-24-28-38-48-58-52(56)50(41-31-17-13-9-3)42-32-18-14-10-4/h49-50H,7-48H2,1-6H3. The Kier molecular flexibility index (Phi) is 44.5. The summed E-state index contributed by atoms with van der Waals surface area (Å²) in [5, 5.41) is 0. The Hall–Kier alpha value is -1.14. The van der Waals surface area contributed by atoms with Crippen LogP contribution in [0.3, 0.4) is 0 Å². The molecule has 0 aliphatic carbocycles. The third-order valence-corrected chi connectivity index (χ3v) is 12.3. The number of rotatable bonds is 47. The molecule has 6 heteroatoms. The molecule has 0 spiro atoms. The van der Waals surface area contributed by atoms with Crippen molar-refractivity contribution >= 4 is 11.9 Å². The van der Waals surface area contributed by atoms with Gasteiger partial charge in [-0.15, -0.1) is 0 Å². The van der Waals surface area contributed by atoms with Gasteiger partial charge in [0.1, 0.15) is 0 Å². The van der Waals surface area contributed by atoms with Gasteiger partial charge in [0, 0.05) is 0 Å². The zero-order valence-corrected chi connectivity index (χ0v) is 40.4. The molecule has 0 saturated heterocycles. The Morgan fingerprint density at radius 1 is 0.345 bits per heavy atom. The van der Waals surface area contributed by atoms with Crippen LogP contribution in [-0.2, 0) is 19.1 Å². The summed E-state index contributed by atoms with van der Waals surface area (Å²) in [6, 6.07) is 0. The highest BCUT2D eigenvalue weighted by molar-refractivity contribution is 5.72. The van der Waals surface area contributed by atoms with Crippen molar-refractivity contribution in [3.05, 3.63) is 0 Å². The van der Waals surface area contributed by atoms with Crippen molar-refractivity contribution in [2.75, 3.05) is 53.5 Å². The van der Waals surface area contributed by atoms with Gasteiger partial charge in [0.2, 0.25) is 0 Å². The van der Waals surface area contributed by atoms with Crippen molar-refractivity contribution in [2.45, 2.75) is 259 Å². The van der Waals surface area contributed by atoms with Gasteiger partial charge in [-0.1, -0.05) is 195 Å². The Bertz CT molecular complexity index is 767. The van der Waals surface area contributed by atoms with Gasteiger partial charge in [-0.25, -0.2) is 0 Å². The van der Waals surface area contributed by atoms with E-state index in [1.54, 1.807) is 0 Å². The predicted molar refractivity (Wildman–Crippen MR) is 253 cm³/mol. The molecular weight excluding hydrogens is 717 g/mol. The molecule has 0 amide bonds. The Morgan fingerprint density at radius 2 is 0.603 bits per heavy atom. The summed E-state index contributed by atoms with van der Waals surface area (Å²) in [6.07, 6.45) is 43.8. The van der Waals surface area contributed by atoms with E-state index in [0.29, 0.717) is 13.2 Å². The summed E-state index contributed by atoms with van der Waals surface area (Å²) in [4.78, 5) is 30.8. The van der Waals surface area contributed by atoms with Crippen LogP contribution in [0.15, 0.2) is 0 Å². The number of hydrogen-bond donors (Lipinski definition) is 0. The smallest absolute Gasteiger partial charge is 0.308 e. The first kappa shape index (κ1) is 56.9. The van der Waals surface area contributed by atoms with Crippen LogP contribution in [0.5, 0.6) is 0 Å². The fraction of sp³-hybridized carbons (Fsp3) is 0.962. The zero-order chi connectivity index (χ0) is 42.6. The van der Waals surface area contributed by atoms with E-state index in [1.807, 2.05) is 0 Å². The molecule has 0 aromatic carbocycles. The molecule has 346 valence electrons. The number of nitrogens with zero attached hydrogens (tertiary/aromatic N) is 2. The highest BCUT2D eigenvalue weighted by Gasteiger charge is 2.20. The Balaban J connectivity index is 4.21. The van der Waals surface area contributed by atoms with Crippen LogP contribution in [0.4, 0.5) is 0 Å². The molecule has 0 atom stereocenters. The first-order chi connectivity index (χ1) is 28.4. The molecule has 0 aliphatic rings. The van der Waals surface area contributed by atoms with E-state index in [0.717, 1.165) is 64.2 Å². The van der Waals surface area contributed by atoms with Crippen molar-refractivity contribution in [3.63, 3.8) is 0 Å². The average molecular weight is 821 g/mol. The SMILES string of the molecule is CCCCCCC(CCCCCC)C(=O)OCCCCCCCCCN(CCCCCCCCCOC(=O)C(CCCCCC)CCCCCC)CCCCN(C)C. The van der Waals surface area contributed by atoms with E-state index < -0.39 is 0 Å². The largest absolute Gasteiger partial charge is 0.465 e. The molecule has 0 bridgehead atoms. The van der Waals surface area contributed by atoms with Gasteiger partial charge >= 0.3 is 11.9 Å². The van der Waals surface area contributed by atoms with Crippen molar-refractivity contribution in [1.82, 2.24) is 9.80 Å². The van der Waals surface area contributed by atoms with Gasteiger partial charge in [0.05, 0.1) is 25.0 Å². The molecule has 6 nitrogen and oxygen atoms in total. The van der Waals surface area contributed by atoms with Crippen LogP contribution in [0, 0.1) is 11.8 Å². The maximum absolute atomic E-state index is 12.9. The first-order valence-electron chi connectivity index (χ1n) is 26.1. The Labute approximate surface area is 363 Å². The molecule has 0 aromatic rings. The van der Waals surface area contributed by atoms with Gasteiger partial charge < -0.3 is 19.3 Å². The summed E-state index contributed by atoms with van der Waals surface area (Å²) in [6.45, 7) is 15.1. The van der Waals surface area contributed by atoms with Crippen LogP contribution in [0.2, 0.25) is 0 Å². The number of carbonyl (C=O) groups excluding carboxylic acids is 2. The van der Waals surface area contributed by atoms with Gasteiger partial charge in [-0.05, 0) is 104 Å². The molecule has 0 saturated carbocycles. The molecule has 0 rings (SSSR count). The molecular formula is C52H104N2O4. The summed E-state index contributed by atoms with van der Waals surface area (Å²) in [5.41, 5.74) is 0. The van der Waals surface area contributed by atoms with Crippen LogP contribution in [-0.4, -0.2) is 75.2 Å². The highest BCUT2D eigenvalue weighted by Crippen LogP contribution is 2.22. The quantitative estimate of drug-likeness (QED) is 0.0450. The van der Waals surface area contributed by atoms with Crippen molar-refractivity contribution < 1.29 is 19.1 Å². The number of unbranched alkanes of at least 4 members (excludes halogenated alkanes) is 25. The summed E-state index contributed by atoms with van der Waals surface area (Å²) in [7, 11) is 4.36. The van der Waals surface area contributed by atoms with Crippen LogP contribution < -0.4 is 0 Å². The summed E-state index contributed by atoms with van der Waals surface area (Å²) >= 11 is 0. The van der Waals surface area contributed by atoms with Gasteiger partial charge in [-0.2, -0.15) is 0 Å². The van der Waals surface area contributed by atoms with E-state index >= 15 is 0 Å². The second kappa shape index (κ2) is 45.4. The highest BCUT2D eigenvalue weighted by atomic mass is 16.5. The lowest BCUT2D eigenvalue weighted by Crippen LogP contribution is -2.28. The van der Waals surface area contributed by atoms with E-state index in [1.165, 1.54) is 193 Å². The molecule has 0 aliphatic heterocycles. The third kappa shape index (κ3) is 39.0. The van der Waals surface area contributed by atoms with Gasteiger partial charge in [0.15, 0.2) is 0 Å². The van der Waals surface area contributed by atoms with Crippen molar-refractivity contribution in [1.29, 1.82) is 0 Å². The number of ether oxygens (including phenoxy) is 2. The van der Waals surface area contributed by atoms with E-state index in [9.17, 15) is 9.59 Å². The van der Waals surface area contributed by atoms with Crippen LogP contribution >= 0.6 is 0 Å². The molecule has 0 heterocycles. The number of carbonyl (C=O) groups is 2. The van der Waals surface area contributed by atoms with Gasteiger partial charge in [0.25, 0.3) is 0 Å². The minimum absolute atomic E-state index is 0.0789. The molecule has 0 unspecified atom stereocenters. The molecule has 0 aromatic heterocycles. The van der Waals surface area contributed by atoms with Crippen molar-refractivity contribution in [2.24, 2.45) is 11.8 Å².